The summed E-state index contributed by atoms with van der Waals surface area (Å²) in [5.41, 5.74) is 4.04. The molecule has 3 amide bonds. The van der Waals surface area contributed by atoms with Gasteiger partial charge in [-0.25, -0.2) is 14.8 Å². The third kappa shape index (κ3) is 6.57. The molecule has 3 aromatic heterocycles. The van der Waals surface area contributed by atoms with Crippen molar-refractivity contribution in [2.24, 2.45) is 0 Å². The number of rotatable bonds is 9. The summed E-state index contributed by atoms with van der Waals surface area (Å²) >= 11 is 0. The number of carbonyl (C=O) groups excluding carboxylic acids is 3. The number of Topliss-reactive ketones (excluding diaryl/α,β-unsaturated/α-hetero) is 1. The van der Waals surface area contributed by atoms with Crippen LogP contribution in [0.15, 0.2) is 53.6 Å². The van der Waals surface area contributed by atoms with Crippen LogP contribution in [0.3, 0.4) is 0 Å². The van der Waals surface area contributed by atoms with E-state index in [4.69, 9.17) is 4.98 Å². The lowest BCUT2D eigenvalue weighted by Gasteiger charge is -2.38. The lowest BCUT2D eigenvalue weighted by Crippen LogP contribution is -2.50. The number of aryl methyl sites for hydroxylation is 1. The molecule has 5 heterocycles. The fraction of sp³-hybridized carbons (Fsp3) is 0.432. The molecule has 0 spiro atoms. The van der Waals surface area contributed by atoms with Crippen LogP contribution >= 0.6 is 0 Å². The van der Waals surface area contributed by atoms with Gasteiger partial charge in [0, 0.05) is 62.0 Å². The van der Waals surface area contributed by atoms with Crippen LogP contribution in [0.25, 0.3) is 11.0 Å². The number of urea groups is 1. The maximum Gasteiger partial charge on any atom is 0.328 e. The lowest BCUT2D eigenvalue weighted by atomic mass is 10.0. The number of nitrogens with one attached hydrogen (secondary N) is 2. The molecule has 2 N–H and O–H groups in total. The van der Waals surface area contributed by atoms with Crippen molar-refractivity contribution in [3.63, 3.8) is 0 Å². The summed E-state index contributed by atoms with van der Waals surface area (Å²) in [6, 6.07) is 11.9. The number of imide groups is 1. The van der Waals surface area contributed by atoms with E-state index in [9.17, 15) is 19.2 Å². The van der Waals surface area contributed by atoms with Crippen molar-refractivity contribution < 1.29 is 14.4 Å². The number of hydrogen-bond donors (Lipinski definition) is 2. The molecular formula is C37H43N9O4. The van der Waals surface area contributed by atoms with Gasteiger partial charge in [-0.3, -0.25) is 34.1 Å². The van der Waals surface area contributed by atoms with Crippen molar-refractivity contribution in [2.75, 3.05) is 41.8 Å². The molecule has 0 radical (unpaired) electrons. The summed E-state index contributed by atoms with van der Waals surface area (Å²) in [6.07, 6.45) is 9.67. The number of nitrogens with zero attached hydrogens (tertiary/aromatic N) is 7. The Kier molecular flexibility index (Phi) is 9.32. The van der Waals surface area contributed by atoms with E-state index in [-0.39, 0.29) is 34.9 Å². The van der Waals surface area contributed by atoms with E-state index in [0.717, 1.165) is 68.6 Å². The lowest BCUT2D eigenvalue weighted by molar-refractivity contribution is -0.120. The normalized spacial score (nSPS) is 17.5. The molecule has 13 nitrogen and oxygen atoms in total. The van der Waals surface area contributed by atoms with Crippen LogP contribution < -0.4 is 26.0 Å². The van der Waals surface area contributed by atoms with Crippen LogP contribution in [0.5, 0.6) is 0 Å². The highest BCUT2D eigenvalue weighted by Crippen LogP contribution is 2.32. The number of piperidine rings is 1. The van der Waals surface area contributed by atoms with Crippen molar-refractivity contribution in [1.82, 2.24) is 29.7 Å². The van der Waals surface area contributed by atoms with Crippen LogP contribution in [0.2, 0.25) is 0 Å². The first kappa shape index (κ1) is 33.3. The number of para-hydroxylation sites is 1. The van der Waals surface area contributed by atoms with E-state index in [1.165, 1.54) is 6.92 Å². The Morgan fingerprint density at radius 1 is 0.980 bits per heavy atom. The average Bonchev–Trinajstić information content (AvgIpc) is 3.64. The maximum atomic E-state index is 13.5. The number of benzene rings is 1. The Morgan fingerprint density at radius 3 is 2.44 bits per heavy atom. The molecule has 1 aliphatic carbocycles. The summed E-state index contributed by atoms with van der Waals surface area (Å²) in [5, 5.41) is 6.35. The molecule has 2 aliphatic heterocycles. The number of amides is 3. The highest BCUT2D eigenvalue weighted by molar-refractivity contribution is 6.06. The first-order valence-corrected chi connectivity index (χ1v) is 17.5. The zero-order chi connectivity index (χ0) is 34.9. The van der Waals surface area contributed by atoms with Crippen LogP contribution in [-0.4, -0.2) is 74.9 Å². The van der Waals surface area contributed by atoms with Gasteiger partial charge in [0.1, 0.15) is 11.5 Å². The Labute approximate surface area is 290 Å². The quantitative estimate of drug-likeness (QED) is 0.230. The second-order valence-corrected chi connectivity index (χ2v) is 13.6. The van der Waals surface area contributed by atoms with Crippen LogP contribution in [0.1, 0.15) is 79.4 Å². The minimum Gasteiger partial charge on any atom is -0.370 e. The molecule has 50 heavy (non-hydrogen) atoms. The van der Waals surface area contributed by atoms with Crippen LogP contribution in [-0.2, 0) is 11.3 Å². The van der Waals surface area contributed by atoms with Gasteiger partial charge in [0.2, 0.25) is 11.9 Å². The molecule has 3 fully saturated rings. The Balaban J connectivity index is 1.00. The van der Waals surface area contributed by atoms with Crippen LogP contribution in [0.4, 0.5) is 27.9 Å². The van der Waals surface area contributed by atoms with Gasteiger partial charge in [0.05, 0.1) is 17.4 Å². The van der Waals surface area contributed by atoms with Crippen molar-refractivity contribution in [2.45, 2.75) is 77.4 Å². The molecule has 1 saturated carbocycles. The molecule has 1 aromatic carbocycles. The summed E-state index contributed by atoms with van der Waals surface area (Å²) < 4.78 is 1.71. The third-order valence-electron chi connectivity index (χ3n) is 10.4. The van der Waals surface area contributed by atoms with Gasteiger partial charge in [-0.1, -0.05) is 31.0 Å². The predicted molar refractivity (Wildman–Crippen MR) is 192 cm³/mol. The van der Waals surface area contributed by atoms with Gasteiger partial charge in [-0.15, -0.1) is 0 Å². The Hall–Kier alpha value is -5.17. The molecule has 0 atom stereocenters. The van der Waals surface area contributed by atoms with Gasteiger partial charge >= 0.3 is 6.03 Å². The number of fused-ring (bicyclic) bond motifs is 1. The largest absolute Gasteiger partial charge is 0.370 e. The smallest absolute Gasteiger partial charge is 0.328 e. The second-order valence-electron chi connectivity index (χ2n) is 13.6. The fourth-order valence-corrected chi connectivity index (χ4v) is 7.73. The van der Waals surface area contributed by atoms with E-state index in [1.54, 1.807) is 22.6 Å². The molecule has 4 aromatic rings. The monoisotopic (exact) mass is 677 g/mol. The molecule has 0 unspecified atom stereocenters. The highest BCUT2D eigenvalue weighted by Gasteiger charge is 2.29. The Morgan fingerprint density at radius 2 is 1.74 bits per heavy atom. The summed E-state index contributed by atoms with van der Waals surface area (Å²) in [7, 11) is 2.13. The average molecular weight is 678 g/mol. The minimum atomic E-state index is -0.367. The summed E-state index contributed by atoms with van der Waals surface area (Å²) in [4.78, 5) is 70.5. The SMILES string of the molecule is CC(=O)c1c(C)c2cnc(Nc3ccc(N4CCC(N(C)Cc5ccccc5N5CCC(=O)NC5=O)CC4)cn3)nc2n(C2CCCC2)c1=O. The van der Waals surface area contributed by atoms with Crippen molar-refractivity contribution in [3.05, 3.63) is 75.8 Å². The van der Waals surface area contributed by atoms with E-state index in [2.05, 4.69) is 43.5 Å². The van der Waals surface area contributed by atoms with Crippen molar-refractivity contribution >= 4 is 51.9 Å². The number of anilines is 4. The van der Waals surface area contributed by atoms with Gasteiger partial charge in [-0.05, 0) is 75.9 Å². The minimum absolute atomic E-state index is 0.0134. The van der Waals surface area contributed by atoms with E-state index < -0.39 is 0 Å². The van der Waals surface area contributed by atoms with Gasteiger partial charge in [0.15, 0.2) is 5.78 Å². The first-order valence-electron chi connectivity index (χ1n) is 17.5. The summed E-state index contributed by atoms with van der Waals surface area (Å²) in [5.74, 6) is 0.467. The molecule has 13 heteroatoms. The standard InChI is InChI=1S/C37H43N9O4/c1-23-29-21-39-36(42-34(29)46(27-9-5-6-10-27)35(49)33(23)24(2)47)40-31-13-12-28(20-38-31)44-17-14-26(15-18-44)43(3)22-25-8-4-7-11-30(25)45-19-16-32(48)41-37(45)50/h4,7-8,11-13,20-21,26-27H,5-6,9-10,14-19,22H2,1-3H3,(H,41,48,50)(H,38,39,40,42). The van der Waals surface area contributed by atoms with Crippen LogP contribution in [0, 0.1) is 6.92 Å². The van der Waals surface area contributed by atoms with E-state index >= 15 is 0 Å². The van der Waals surface area contributed by atoms with E-state index in [0.29, 0.717) is 53.9 Å². The predicted octanol–water partition coefficient (Wildman–Crippen LogP) is 5.10. The number of carbonyl (C=O) groups is 3. The number of ketones is 1. The molecule has 7 rings (SSSR count). The molecular weight excluding hydrogens is 634 g/mol. The summed E-state index contributed by atoms with van der Waals surface area (Å²) in [6.45, 7) is 6.08. The van der Waals surface area contributed by atoms with Gasteiger partial charge in [-0.2, -0.15) is 4.98 Å². The molecule has 3 aliphatic rings. The first-order chi connectivity index (χ1) is 24.2. The number of pyridine rings is 2. The second kappa shape index (κ2) is 14.0. The van der Waals surface area contributed by atoms with Gasteiger partial charge in [0.25, 0.3) is 5.56 Å². The molecule has 260 valence electrons. The highest BCUT2D eigenvalue weighted by atomic mass is 16.2. The maximum absolute atomic E-state index is 13.5. The fourth-order valence-electron chi connectivity index (χ4n) is 7.73. The third-order valence-corrected chi connectivity index (χ3v) is 10.4. The zero-order valence-electron chi connectivity index (χ0n) is 28.8. The van der Waals surface area contributed by atoms with E-state index in [1.807, 2.05) is 36.5 Å². The van der Waals surface area contributed by atoms with Crippen molar-refractivity contribution in [1.29, 1.82) is 0 Å². The topological polar surface area (TPSA) is 146 Å². The molecule has 2 saturated heterocycles. The number of hydrogen-bond acceptors (Lipinski definition) is 10. The zero-order valence-corrected chi connectivity index (χ0v) is 28.8. The number of aromatic nitrogens is 4. The Bertz CT molecular complexity index is 2000. The molecule has 0 bridgehead atoms. The van der Waals surface area contributed by atoms with Gasteiger partial charge < -0.3 is 10.2 Å². The van der Waals surface area contributed by atoms with Crippen molar-refractivity contribution in [3.8, 4) is 0 Å².